The highest BCUT2D eigenvalue weighted by Crippen LogP contribution is 2.36. The molecule has 170 valence electrons. The molecule has 0 unspecified atom stereocenters. The molecule has 0 spiro atoms. The van der Waals surface area contributed by atoms with Gasteiger partial charge in [-0.05, 0) is 69.2 Å². The minimum atomic E-state index is -0.422. The summed E-state index contributed by atoms with van der Waals surface area (Å²) in [5.74, 6) is 0.811. The number of hydrogen-bond acceptors (Lipinski definition) is 5. The summed E-state index contributed by atoms with van der Waals surface area (Å²) < 4.78 is 10.9. The average Bonchev–Trinajstić information content (AvgIpc) is 2.78. The van der Waals surface area contributed by atoms with Crippen LogP contribution in [0.4, 0.5) is 16.2 Å². The van der Waals surface area contributed by atoms with Crippen molar-refractivity contribution in [3.05, 3.63) is 71.3 Å². The Bertz CT molecular complexity index is 1330. The van der Waals surface area contributed by atoms with E-state index >= 15 is 0 Å². The number of hydrogen-bond donors (Lipinski definition) is 2. The molecule has 0 aliphatic heterocycles. The predicted molar refractivity (Wildman–Crippen MR) is 133 cm³/mol. The minimum absolute atomic E-state index is 0.0318. The summed E-state index contributed by atoms with van der Waals surface area (Å²) in [4.78, 5) is 16.7. The Hall–Kier alpha value is -3.80. The smallest absolute Gasteiger partial charge is 0.407 e. The van der Waals surface area contributed by atoms with E-state index < -0.39 is 6.09 Å². The summed E-state index contributed by atoms with van der Waals surface area (Å²) in [6, 6.07) is 18.3. The number of amides is 1. The van der Waals surface area contributed by atoms with E-state index in [2.05, 4.69) is 35.8 Å². The quantitative estimate of drug-likeness (QED) is 0.338. The van der Waals surface area contributed by atoms with E-state index in [1.54, 1.807) is 7.11 Å². The summed E-state index contributed by atoms with van der Waals surface area (Å²) in [6.45, 7) is 8.10. The molecule has 6 nitrogen and oxygen atoms in total. The van der Waals surface area contributed by atoms with E-state index in [0.29, 0.717) is 0 Å². The molecule has 1 amide bonds. The molecule has 1 heterocycles. The topological polar surface area (TPSA) is 72.5 Å². The third-order valence-corrected chi connectivity index (χ3v) is 5.42. The molecule has 3 aromatic carbocycles. The number of ether oxygens (including phenoxy) is 2. The van der Waals surface area contributed by atoms with E-state index in [9.17, 15) is 4.79 Å². The van der Waals surface area contributed by atoms with Crippen LogP contribution in [0, 0.1) is 13.8 Å². The van der Waals surface area contributed by atoms with Crippen molar-refractivity contribution in [2.75, 3.05) is 12.4 Å². The highest BCUT2D eigenvalue weighted by atomic mass is 16.5. The normalized spacial score (nSPS) is 11.1. The molecule has 0 atom stereocenters. The van der Waals surface area contributed by atoms with E-state index in [4.69, 9.17) is 14.5 Å². The Labute approximate surface area is 193 Å². The number of nitrogens with zero attached hydrogens (tertiary/aromatic N) is 1. The van der Waals surface area contributed by atoms with Crippen LogP contribution in [0.25, 0.3) is 21.8 Å². The van der Waals surface area contributed by atoms with Gasteiger partial charge in [0.25, 0.3) is 0 Å². The zero-order valence-corrected chi connectivity index (χ0v) is 19.7. The highest BCUT2D eigenvalue weighted by molar-refractivity contribution is 6.09. The first-order valence-corrected chi connectivity index (χ1v) is 11.0. The van der Waals surface area contributed by atoms with Crippen molar-refractivity contribution in [3.8, 4) is 5.75 Å². The van der Waals surface area contributed by atoms with Crippen LogP contribution in [0.1, 0.15) is 30.5 Å². The van der Waals surface area contributed by atoms with Crippen LogP contribution >= 0.6 is 0 Å². The molecule has 4 aromatic rings. The van der Waals surface area contributed by atoms with Crippen LogP contribution in [-0.4, -0.2) is 24.2 Å². The Balaban J connectivity index is 1.73. The van der Waals surface area contributed by atoms with E-state index in [-0.39, 0.29) is 12.6 Å². The summed E-state index contributed by atoms with van der Waals surface area (Å²) in [5.41, 5.74) is 6.77. The van der Waals surface area contributed by atoms with Gasteiger partial charge in [0.1, 0.15) is 12.4 Å². The molecule has 0 saturated carbocycles. The first kappa shape index (κ1) is 22.4. The molecule has 0 saturated heterocycles. The molecule has 0 radical (unpaired) electrons. The summed E-state index contributed by atoms with van der Waals surface area (Å²) in [6.07, 6.45) is -0.422. The Morgan fingerprint density at radius 3 is 2.55 bits per heavy atom. The number of rotatable bonds is 6. The highest BCUT2D eigenvalue weighted by Gasteiger charge is 2.13. The summed E-state index contributed by atoms with van der Waals surface area (Å²) in [7, 11) is 1.67. The monoisotopic (exact) mass is 443 g/mol. The second-order valence-electron chi connectivity index (χ2n) is 8.55. The van der Waals surface area contributed by atoms with Crippen LogP contribution in [0.3, 0.4) is 0 Å². The van der Waals surface area contributed by atoms with Crippen LogP contribution < -0.4 is 15.4 Å². The van der Waals surface area contributed by atoms with Gasteiger partial charge < -0.3 is 20.1 Å². The molecule has 0 aliphatic carbocycles. The van der Waals surface area contributed by atoms with Gasteiger partial charge in [-0.2, -0.15) is 0 Å². The van der Waals surface area contributed by atoms with E-state index in [0.717, 1.165) is 55.6 Å². The summed E-state index contributed by atoms with van der Waals surface area (Å²) in [5, 5.41) is 8.40. The molecular weight excluding hydrogens is 414 g/mol. The molecule has 0 fully saturated rings. The number of aryl methyl sites for hydroxylation is 2. The third kappa shape index (κ3) is 5.00. The standard InChI is InChI=1S/C27H29N3O3/c1-16(2)28-27(31)33-15-19-7-6-8-20(13-19)29-26-21-11-17(3)9-10-23(21)30-24-14-25(32-5)18(4)12-22(24)26/h6-14,16H,15H2,1-5H3,(H,28,31)(H,29,30). The van der Waals surface area contributed by atoms with Crippen molar-refractivity contribution in [3.63, 3.8) is 0 Å². The predicted octanol–water partition coefficient (Wildman–Crippen LogP) is 6.39. The van der Waals surface area contributed by atoms with Gasteiger partial charge in [-0.15, -0.1) is 0 Å². The Morgan fingerprint density at radius 1 is 1.00 bits per heavy atom. The Kier molecular flexibility index (Phi) is 6.36. The average molecular weight is 444 g/mol. The largest absolute Gasteiger partial charge is 0.496 e. The van der Waals surface area contributed by atoms with Crippen LogP contribution in [0.2, 0.25) is 0 Å². The van der Waals surface area contributed by atoms with Gasteiger partial charge in [0.2, 0.25) is 0 Å². The SMILES string of the molecule is COc1cc2nc3ccc(C)cc3c(Nc3cccc(COC(=O)NC(C)C)c3)c2cc1C. The Morgan fingerprint density at radius 2 is 1.79 bits per heavy atom. The number of anilines is 2. The van der Waals surface area contributed by atoms with Crippen molar-refractivity contribution < 1.29 is 14.3 Å². The van der Waals surface area contributed by atoms with Gasteiger partial charge in [-0.1, -0.05) is 23.8 Å². The maximum Gasteiger partial charge on any atom is 0.407 e. The van der Waals surface area contributed by atoms with Crippen molar-refractivity contribution in [2.45, 2.75) is 40.3 Å². The molecule has 2 N–H and O–H groups in total. The molecule has 4 rings (SSSR count). The van der Waals surface area contributed by atoms with Gasteiger partial charge in [0.05, 0.1) is 23.8 Å². The van der Waals surface area contributed by atoms with Gasteiger partial charge in [0.15, 0.2) is 0 Å². The third-order valence-electron chi connectivity index (χ3n) is 5.42. The lowest BCUT2D eigenvalue weighted by Gasteiger charge is -2.16. The maximum absolute atomic E-state index is 11.8. The second kappa shape index (κ2) is 9.36. The number of fused-ring (bicyclic) bond motifs is 2. The number of pyridine rings is 1. The van der Waals surface area contributed by atoms with E-state index in [1.165, 1.54) is 0 Å². The maximum atomic E-state index is 11.8. The number of carbonyl (C=O) groups is 1. The molecule has 0 bridgehead atoms. The first-order valence-electron chi connectivity index (χ1n) is 11.0. The molecule has 1 aromatic heterocycles. The lowest BCUT2D eigenvalue weighted by molar-refractivity contribution is 0.137. The molecular formula is C27H29N3O3. The fourth-order valence-electron chi connectivity index (χ4n) is 3.86. The minimum Gasteiger partial charge on any atom is -0.496 e. The molecule has 6 heteroatoms. The van der Waals surface area contributed by atoms with Crippen molar-refractivity contribution in [1.29, 1.82) is 0 Å². The number of aromatic nitrogens is 1. The van der Waals surface area contributed by atoms with Crippen LogP contribution in [0.5, 0.6) is 5.75 Å². The van der Waals surface area contributed by atoms with E-state index in [1.807, 2.05) is 57.2 Å². The van der Waals surface area contributed by atoms with Gasteiger partial charge in [-0.3, -0.25) is 0 Å². The van der Waals surface area contributed by atoms with Crippen molar-refractivity contribution >= 4 is 39.3 Å². The lowest BCUT2D eigenvalue weighted by atomic mass is 10.0. The van der Waals surface area contributed by atoms with Gasteiger partial charge >= 0.3 is 6.09 Å². The first-order chi connectivity index (χ1) is 15.8. The zero-order chi connectivity index (χ0) is 23.5. The van der Waals surface area contributed by atoms with Crippen molar-refractivity contribution in [1.82, 2.24) is 10.3 Å². The van der Waals surface area contributed by atoms with Gasteiger partial charge in [0, 0.05) is 28.6 Å². The number of alkyl carbamates (subject to hydrolysis) is 1. The number of nitrogens with one attached hydrogen (secondary N) is 2. The van der Waals surface area contributed by atoms with Gasteiger partial charge in [-0.25, -0.2) is 9.78 Å². The number of carbonyl (C=O) groups excluding carboxylic acids is 1. The number of methoxy groups -OCH3 is 1. The fraction of sp³-hybridized carbons (Fsp3) is 0.259. The van der Waals surface area contributed by atoms with Crippen molar-refractivity contribution in [2.24, 2.45) is 0 Å². The van der Waals surface area contributed by atoms with Crippen LogP contribution in [0.15, 0.2) is 54.6 Å². The molecule has 0 aliphatic rings. The lowest BCUT2D eigenvalue weighted by Crippen LogP contribution is -2.30. The second-order valence-corrected chi connectivity index (χ2v) is 8.55. The molecule has 33 heavy (non-hydrogen) atoms. The zero-order valence-electron chi connectivity index (χ0n) is 19.7. The fourth-order valence-corrected chi connectivity index (χ4v) is 3.86. The number of benzene rings is 3. The summed E-state index contributed by atoms with van der Waals surface area (Å²) >= 11 is 0. The van der Waals surface area contributed by atoms with Crippen LogP contribution in [-0.2, 0) is 11.3 Å².